The Morgan fingerprint density at radius 3 is 2.78 bits per heavy atom. The van der Waals surface area contributed by atoms with Crippen LogP contribution >= 0.6 is 0 Å². The summed E-state index contributed by atoms with van der Waals surface area (Å²) >= 11 is 0. The molecule has 0 aromatic carbocycles. The molecule has 0 atom stereocenters. The first-order valence-electron chi connectivity index (χ1n) is 7.47. The topological polar surface area (TPSA) is 114 Å². The van der Waals surface area contributed by atoms with Crippen molar-refractivity contribution in [3.05, 3.63) is 24.2 Å². The normalized spacial score (nSPS) is 20.5. The molecule has 1 aliphatic carbocycles. The van der Waals surface area contributed by atoms with Gasteiger partial charge in [0, 0.05) is 41.8 Å². The second-order valence-corrected chi connectivity index (χ2v) is 8.02. The summed E-state index contributed by atoms with van der Waals surface area (Å²) < 4.78 is 24.6. The van der Waals surface area contributed by atoms with Crippen molar-refractivity contribution in [3.8, 4) is 0 Å². The Balaban J connectivity index is 1.47. The van der Waals surface area contributed by atoms with Crippen molar-refractivity contribution >= 4 is 26.8 Å². The van der Waals surface area contributed by atoms with E-state index in [2.05, 4.69) is 24.8 Å². The molecule has 2 aromatic heterocycles. The molecule has 0 bridgehead atoms. The van der Waals surface area contributed by atoms with Gasteiger partial charge in [-0.05, 0) is 25.8 Å². The number of fused-ring (bicyclic) bond motifs is 1. The van der Waals surface area contributed by atoms with Crippen LogP contribution in [0.5, 0.6) is 0 Å². The van der Waals surface area contributed by atoms with Crippen LogP contribution in [-0.2, 0) is 10.2 Å². The lowest BCUT2D eigenvalue weighted by Crippen LogP contribution is -2.67. The molecule has 1 saturated heterocycles. The van der Waals surface area contributed by atoms with Crippen LogP contribution in [0, 0.1) is 12.3 Å². The molecule has 3 heterocycles. The van der Waals surface area contributed by atoms with E-state index in [9.17, 15) is 8.42 Å². The van der Waals surface area contributed by atoms with Crippen molar-refractivity contribution in [2.75, 3.05) is 18.0 Å². The maximum atomic E-state index is 11.0. The van der Waals surface area contributed by atoms with Gasteiger partial charge in [0.1, 0.15) is 0 Å². The smallest absolute Gasteiger partial charge is 0.274 e. The summed E-state index contributed by atoms with van der Waals surface area (Å²) in [5.74, 6) is 0. The molecule has 8 nitrogen and oxygen atoms in total. The summed E-state index contributed by atoms with van der Waals surface area (Å²) in [4.78, 5) is 6.60. The number of rotatable bonds is 3. The number of hydrogen-bond donors (Lipinski definition) is 2. The highest BCUT2D eigenvalue weighted by molar-refractivity contribution is 7.87. The summed E-state index contributed by atoms with van der Waals surface area (Å²) in [6, 6.07) is 1.89. The van der Waals surface area contributed by atoms with Crippen molar-refractivity contribution in [2.45, 2.75) is 25.8 Å². The first-order chi connectivity index (χ1) is 10.8. The molecule has 9 heteroatoms. The molecule has 2 aromatic rings. The number of nitrogens with one attached hydrogen (secondary N) is 1. The number of nitrogens with two attached hydrogens (primary N) is 1. The van der Waals surface area contributed by atoms with Crippen molar-refractivity contribution in [1.29, 1.82) is 0 Å². The van der Waals surface area contributed by atoms with Crippen LogP contribution in [0.2, 0.25) is 0 Å². The molecule has 23 heavy (non-hydrogen) atoms. The predicted octanol–water partition coefficient (Wildman–Crippen LogP) is 0.0951. The maximum absolute atomic E-state index is 11.0. The number of aromatic nitrogens is 3. The zero-order valence-corrected chi connectivity index (χ0v) is 13.5. The lowest BCUT2D eigenvalue weighted by molar-refractivity contribution is 0.0592. The van der Waals surface area contributed by atoms with E-state index in [1.807, 2.05) is 19.2 Å². The van der Waals surface area contributed by atoms with E-state index >= 15 is 0 Å². The van der Waals surface area contributed by atoms with E-state index in [4.69, 9.17) is 5.14 Å². The summed E-state index contributed by atoms with van der Waals surface area (Å²) in [6.07, 6.45) is 5.26. The first-order valence-corrected chi connectivity index (χ1v) is 9.01. The molecular formula is C14H18N6O2S. The van der Waals surface area contributed by atoms with Crippen LogP contribution in [-0.4, -0.2) is 42.7 Å². The average molecular weight is 334 g/mol. The van der Waals surface area contributed by atoms with E-state index in [-0.39, 0.29) is 11.5 Å². The maximum Gasteiger partial charge on any atom is 0.274 e. The van der Waals surface area contributed by atoms with Crippen LogP contribution in [0.4, 0.5) is 5.69 Å². The molecule has 0 amide bonds. The molecular weight excluding hydrogens is 316 g/mol. The molecule has 122 valence electrons. The van der Waals surface area contributed by atoms with Gasteiger partial charge in [-0.3, -0.25) is 4.98 Å². The molecule has 2 aliphatic rings. The Labute approximate surface area is 134 Å². The lowest BCUT2D eigenvalue weighted by atomic mass is 9.61. The van der Waals surface area contributed by atoms with Crippen molar-refractivity contribution < 1.29 is 8.42 Å². The summed E-state index contributed by atoms with van der Waals surface area (Å²) in [5, 5.41) is 14.3. The highest BCUT2D eigenvalue weighted by Gasteiger charge is 2.53. The quantitative estimate of drug-likeness (QED) is 0.822. The Kier molecular flexibility index (Phi) is 3.09. The van der Waals surface area contributed by atoms with Crippen molar-refractivity contribution in [1.82, 2.24) is 19.9 Å². The zero-order chi connectivity index (χ0) is 16.2. The molecule has 4 rings (SSSR count). The fourth-order valence-corrected chi connectivity index (χ4v) is 4.42. The molecule has 0 radical (unpaired) electrons. The highest BCUT2D eigenvalue weighted by Crippen LogP contribution is 2.50. The number of anilines is 1. The Morgan fingerprint density at radius 1 is 1.35 bits per heavy atom. The monoisotopic (exact) mass is 334 g/mol. The first kappa shape index (κ1) is 14.7. The molecule has 1 spiro atoms. The van der Waals surface area contributed by atoms with Gasteiger partial charge in [-0.2, -0.15) is 23.3 Å². The van der Waals surface area contributed by atoms with Crippen LogP contribution < -0.4 is 14.8 Å². The van der Waals surface area contributed by atoms with Gasteiger partial charge in [-0.25, -0.2) is 5.14 Å². The lowest BCUT2D eigenvalue weighted by Gasteiger charge is -2.59. The van der Waals surface area contributed by atoms with Gasteiger partial charge in [0.15, 0.2) is 0 Å². The van der Waals surface area contributed by atoms with Gasteiger partial charge >= 0.3 is 0 Å². The Bertz CT molecular complexity index is 870. The molecule has 1 aliphatic heterocycles. The van der Waals surface area contributed by atoms with Crippen LogP contribution in [0.25, 0.3) is 10.9 Å². The summed E-state index contributed by atoms with van der Waals surface area (Å²) in [6.45, 7) is 3.72. The molecule has 3 N–H and O–H groups in total. The van der Waals surface area contributed by atoms with Gasteiger partial charge in [-0.15, -0.1) is 0 Å². The second kappa shape index (κ2) is 4.83. The Hall–Kier alpha value is -1.84. The van der Waals surface area contributed by atoms with Gasteiger partial charge in [-0.1, -0.05) is 0 Å². The third kappa shape index (κ3) is 2.64. The number of hydrogen-bond acceptors (Lipinski definition) is 6. The van der Waals surface area contributed by atoms with Crippen molar-refractivity contribution in [3.63, 3.8) is 0 Å². The minimum Gasteiger partial charge on any atom is -0.368 e. The molecule has 0 unspecified atom stereocenters. The SMILES string of the molecule is Cc1cc2nncc(N3CC4(CC(NS(N)(=O)=O)C4)C3)c2cn1. The summed E-state index contributed by atoms with van der Waals surface area (Å²) in [7, 11) is -3.61. The fraction of sp³-hybridized carbons (Fsp3) is 0.500. The van der Waals surface area contributed by atoms with Crippen LogP contribution in [0.3, 0.4) is 0 Å². The standard InChI is InChI=1S/C14H18N6O2S/c1-9-2-12-11(5-16-9)13(6-17-18-12)20-7-14(8-20)3-10(4-14)19-23(15,21)22/h2,5-6,10,19H,3-4,7-8H2,1H3,(H2,15,21,22). The minimum absolute atomic E-state index is 0.0382. The third-order valence-electron chi connectivity index (χ3n) is 4.72. The van der Waals surface area contributed by atoms with E-state index in [0.29, 0.717) is 0 Å². The highest BCUT2D eigenvalue weighted by atomic mass is 32.2. The van der Waals surface area contributed by atoms with E-state index < -0.39 is 10.2 Å². The minimum atomic E-state index is -3.61. The van der Waals surface area contributed by atoms with E-state index in [1.54, 1.807) is 6.20 Å². The number of pyridine rings is 1. The summed E-state index contributed by atoms with van der Waals surface area (Å²) in [5.41, 5.74) is 2.99. The van der Waals surface area contributed by atoms with Gasteiger partial charge in [0.05, 0.1) is 17.4 Å². The fourth-order valence-electron chi connectivity index (χ4n) is 3.79. The second-order valence-electron chi connectivity index (χ2n) is 6.70. The van der Waals surface area contributed by atoms with Gasteiger partial charge in [0.25, 0.3) is 10.2 Å². The van der Waals surface area contributed by atoms with Crippen LogP contribution in [0.1, 0.15) is 18.5 Å². The predicted molar refractivity (Wildman–Crippen MR) is 86.0 cm³/mol. The number of aryl methyl sites for hydroxylation is 1. The third-order valence-corrected chi connectivity index (χ3v) is 5.39. The molecule has 1 saturated carbocycles. The largest absolute Gasteiger partial charge is 0.368 e. The average Bonchev–Trinajstić information content (AvgIpc) is 2.38. The van der Waals surface area contributed by atoms with E-state index in [0.717, 1.165) is 48.2 Å². The van der Waals surface area contributed by atoms with Gasteiger partial charge < -0.3 is 4.90 Å². The number of nitrogens with zero attached hydrogens (tertiary/aromatic N) is 4. The molecule has 2 fully saturated rings. The van der Waals surface area contributed by atoms with Crippen LogP contribution in [0.15, 0.2) is 18.5 Å². The van der Waals surface area contributed by atoms with Gasteiger partial charge in [0.2, 0.25) is 0 Å². The Morgan fingerprint density at radius 2 is 2.09 bits per heavy atom. The van der Waals surface area contributed by atoms with E-state index in [1.165, 1.54) is 0 Å². The van der Waals surface area contributed by atoms with Crippen molar-refractivity contribution in [2.24, 2.45) is 10.6 Å². The zero-order valence-electron chi connectivity index (χ0n) is 12.7.